The van der Waals surface area contributed by atoms with Gasteiger partial charge in [0.1, 0.15) is 0 Å². The first kappa shape index (κ1) is 15.4. The zero-order valence-electron chi connectivity index (χ0n) is 11.9. The maximum absolute atomic E-state index is 11.5. The average Bonchev–Trinajstić information content (AvgIpc) is 2.33. The van der Waals surface area contributed by atoms with Crippen LogP contribution in [0, 0.1) is 5.92 Å². The van der Waals surface area contributed by atoms with Crippen LogP contribution in [0.5, 0.6) is 0 Å². The molecule has 0 spiro atoms. The van der Waals surface area contributed by atoms with Crippen molar-refractivity contribution < 1.29 is 9.53 Å². The highest BCUT2D eigenvalue weighted by atomic mass is 16.5. The van der Waals surface area contributed by atoms with Crippen molar-refractivity contribution in [1.82, 2.24) is 15.5 Å². The van der Waals surface area contributed by atoms with Crippen LogP contribution in [0.1, 0.15) is 20.3 Å². The Labute approximate surface area is 110 Å². The topological polar surface area (TPSA) is 53.6 Å². The van der Waals surface area contributed by atoms with Crippen LogP contribution < -0.4 is 10.6 Å². The van der Waals surface area contributed by atoms with Gasteiger partial charge in [0.05, 0.1) is 12.7 Å². The summed E-state index contributed by atoms with van der Waals surface area (Å²) in [5, 5.41) is 5.90. The Kier molecular flexibility index (Phi) is 7.23. The molecular formula is C13H27N3O2. The second kappa shape index (κ2) is 8.45. The van der Waals surface area contributed by atoms with Crippen molar-refractivity contribution in [2.75, 3.05) is 46.4 Å². The maximum atomic E-state index is 11.5. The van der Waals surface area contributed by atoms with Crippen LogP contribution in [0.3, 0.4) is 0 Å². The van der Waals surface area contributed by atoms with E-state index in [9.17, 15) is 4.79 Å². The number of hydrogen-bond acceptors (Lipinski definition) is 4. The number of amides is 1. The molecule has 18 heavy (non-hydrogen) atoms. The normalized spacial score (nSPS) is 21.2. The average molecular weight is 257 g/mol. The Morgan fingerprint density at radius 1 is 1.50 bits per heavy atom. The lowest BCUT2D eigenvalue weighted by Gasteiger charge is -2.33. The molecule has 1 atom stereocenters. The van der Waals surface area contributed by atoms with E-state index in [1.807, 2.05) is 7.05 Å². The largest absolute Gasteiger partial charge is 0.374 e. The van der Waals surface area contributed by atoms with Gasteiger partial charge in [-0.25, -0.2) is 0 Å². The van der Waals surface area contributed by atoms with E-state index < -0.39 is 0 Å². The van der Waals surface area contributed by atoms with E-state index in [1.54, 1.807) is 0 Å². The Bertz CT molecular complexity index is 246. The van der Waals surface area contributed by atoms with Gasteiger partial charge in [-0.15, -0.1) is 0 Å². The van der Waals surface area contributed by atoms with E-state index in [0.717, 1.165) is 32.8 Å². The van der Waals surface area contributed by atoms with Gasteiger partial charge in [0.15, 0.2) is 0 Å². The SMILES string of the molecule is CNCCC(=O)NCC1CN(CC(C)C)CCO1. The highest BCUT2D eigenvalue weighted by Crippen LogP contribution is 2.07. The summed E-state index contributed by atoms with van der Waals surface area (Å²) in [7, 11) is 1.85. The second-order valence-corrected chi connectivity index (χ2v) is 5.30. The van der Waals surface area contributed by atoms with E-state index in [-0.39, 0.29) is 12.0 Å². The molecule has 5 heteroatoms. The third-order valence-electron chi connectivity index (χ3n) is 2.98. The number of nitrogens with one attached hydrogen (secondary N) is 2. The molecule has 0 saturated carbocycles. The standard InChI is InChI=1S/C13H27N3O2/c1-11(2)9-16-6-7-18-12(10-16)8-15-13(17)4-5-14-3/h11-12,14H,4-10H2,1-3H3,(H,15,17). The van der Waals surface area contributed by atoms with Gasteiger partial charge in [-0.05, 0) is 13.0 Å². The van der Waals surface area contributed by atoms with E-state index in [4.69, 9.17) is 4.74 Å². The molecule has 0 aromatic rings. The summed E-state index contributed by atoms with van der Waals surface area (Å²) in [4.78, 5) is 13.9. The molecule has 5 nitrogen and oxygen atoms in total. The third-order valence-corrected chi connectivity index (χ3v) is 2.98. The quantitative estimate of drug-likeness (QED) is 0.678. The Hall–Kier alpha value is -0.650. The molecule has 1 amide bonds. The maximum Gasteiger partial charge on any atom is 0.221 e. The predicted octanol–water partition coefficient (Wildman–Crippen LogP) is 0.0689. The van der Waals surface area contributed by atoms with Crippen LogP contribution in [-0.4, -0.2) is 63.3 Å². The van der Waals surface area contributed by atoms with E-state index in [1.165, 1.54) is 0 Å². The summed E-state index contributed by atoms with van der Waals surface area (Å²) in [6.45, 7) is 9.59. The van der Waals surface area contributed by atoms with Crippen molar-refractivity contribution in [3.63, 3.8) is 0 Å². The first-order valence-corrected chi connectivity index (χ1v) is 6.87. The highest BCUT2D eigenvalue weighted by Gasteiger charge is 2.21. The predicted molar refractivity (Wildman–Crippen MR) is 72.6 cm³/mol. The summed E-state index contributed by atoms with van der Waals surface area (Å²) in [6.07, 6.45) is 0.662. The number of rotatable bonds is 7. The molecule has 1 aliphatic heterocycles. The van der Waals surface area contributed by atoms with Gasteiger partial charge in [-0.3, -0.25) is 9.69 Å². The number of carbonyl (C=O) groups is 1. The Morgan fingerprint density at radius 2 is 2.28 bits per heavy atom. The van der Waals surface area contributed by atoms with Crippen molar-refractivity contribution in [3.05, 3.63) is 0 Å². The Balaban J connectivity index is 2.19. The number of carbonyl (C=O) groups excluding carboxylic acids is 1. The van der Waals surface area contributed by atoms with Crippen LogP contribution in [0.25, 0.3) is 0 Å². The smallest absolute Gasteiger partial charge is 0.221 e. The lowest BCUT2D eigenvalue weighted by molar-refractivity contribution is -0.122. The number of nitrogens with zero attached hydrogens (tertiary/aromatic N) is 1. The fraction of sp³-hybridized carbons (Fsp3) is 0.923. The molecular weight excluding hydrogens is 230 g/mol. The molecule has 0 radical (unpaired) electrons. The van der Waals surface area contributed by atoms with Crippen molar-refractivity contribution >= 4 is 5.91 Å². The monoisotopic (exact) mass is 257 g/mol. The first-order chi connectivity index (χ1) is 8.61. The van der Waals surface area contributed by atoms with Crippen LogP contribution >= 0.6 is 0 Å². The molecule has 0 aromatic carbocycles. The highest BCUT2D eigenvalue weighted by molar-refractivity contribution is 5.76. The van der Waals surface area contributed by atoms with Gasteiger partial charge in [0.2, 0.25) is 5.91 Å². The van der Waals surface area contributed by atoms with E-state index in [2.05, 4.69) is 29.4 Å². The molecule has 0 aliphatic carbocycles. The van der Waals surface area contributed by atoms with Crippen molar-refractivity contribution in [3.8, 4) is 0 Å². The molecule has 1 heterocycles. The summed E-state index contributed by atoms with van der Waals surface area (Å²) in [5.41, 5.74) is 0. The molecule has 1 fully saturated rings. The van der Waals surface area contributed by atoms with Gasteiger partial charge in [-0.2, -0.15) is 0 Å². The molecule has 0 bridgehead atoms. The molecule has 1 unspecified atom stereocenters. The lowest BCUT2D eigenvalue weighted by atomic mass is 10.2. The summed E-state index contributed by atoms with van der Waals surface area (Å²) >= 11 is 0. The zero-order chi connectivity index (χ0) is 13.4. The van der Waals surface area contributed by atoms with Gasteiger partial charge in [0.25, 0.3) is 0 Å². The first-order valence-electron chi connectivity index (χ1n) is 6.87. The number of ether oxygens (including phenoxy) is 1. The molecule has 1 aliphatic rings. The van der Waals surface area contributed by atoms with Crippen molar-refractivity contribution in [2.45, 2.75) is 26.4 Å². The fourth-order valence-electron chi connectivity index (χ4n) is 2.14. The number of morpholine rings is 1. The summed E-state index contributed by atoms with van der Waals surface area (Å²) in [6, 6.07) is 0. The minimum atomic E-state index is 0.0916. The molecule has 106 valence electrons. The zero-order valence-corrected chi connectivity index (χ0v) is 11.9. The van der Waals surface area contributed by atoms with Gasteiger partial charge in [0, 0.05) is 39.1 Å². The molecule has 1 saturated heterocycles. The fourth-order valence-corrected chi connectivity index (χ4v) is 2.14. The number of hydrogen-bond donors (Lipinski definition) is 2. The van der Waals surface area contributed by atoms with Gasteiger partial charge < -0.3 is 15.4 Å². The Morgan fingerprint density at radius 3 is 2.94 bits per heavy atom. The van der Waals surface area contributed by atoms with E-state index >= 15 is 0 Å². The summed E-state index contributed by atoms with van der Waals surface area (Å²) in [5.74, 6) is 0.767. The minimum absolute atomic E-state index is 0.0916. The molecule has 2 N–H and O–H groups in total. The summed E-state index contributed by atoms with van der Waals surface area (Å²) < 4.78 is 5.67. The van der Waals surface area contributed by atoms with Crippen molar-refractivity contribution in [1.29, 1.82) is 0 Å². The minimum Gasteiger partial charge on any atom is -0.374 e. The van der Waals surface area contributed by atoms with E-state index in [0.29, 0.717) is 18.9 Å². The van der Waals surface area contributed by atoms with Crippen LogP contribution in [0.2, 0.25) is 0 Å². The van der Waals surface area contributed by atoms with Crippen LogP contribution in [0.15, 0.2) is 0 Å². The molecule has 0 aromatic heterocycles. The third kappa shape index (κ3) is 6.33. The van der Waals surface area contributed by atoms with Crippen LogP contribution in [-0.2, 0) is 9.53 Å². The van der Waals surface area contributed by atoms with Gasteiger partial charge in [-0.1, -0.05) is 13.8 Å². The second-order valence-electron chi connectivity index (χ2n) is 5.30. The molecule has 1 rings (SSSR count). The van der Waals surface area contributed by atoms with Crippen LogP contribution in [0.4, 0.5) is 0 Å². The van der Waals surface area contributed by atoms with Gasteiger partial charge >= 0.3 is 0 Å². The van der Waals surface area contributed by atoms with Crippen molar-refractivity contribution in [2.24, 2.45) is 5.92 Å². The lowest BCUT2D eigenvalue weighted by Crippen LogP contribution is -2.48.